The Balaban J connectivity index is 0.00000280. The number of ether oxygens (including phenoxy) is 1. The molecule has 0 saturated heterocycles. The number of aromatic amines is 1. The Kier molecular flexibility index (Phi) is 9.06. The van der Waals surface area contributed by atoms with E-state index >= 15 is 0 Å². The molecule has 0 bridgehead atoms. The largest absolute Gasteiger partial charge is 0.496 e. The van der Waals surface area contributed by atoms with Crippen LogP contribution in [0.1, 0.15) is 24.7 Å². The van der Waals surface area contributed by atoms with Crippen molar-refractivity contribution in [3.63, 3.8) is 0 Å². The lowest BCUT2D eigenvalue weighted by Gasteiger charge is -2.12. The fourth-order valence-corrected chi connectivity index (χ4v) is 2.93. The van der Waals surface area contributed by atoms with Crippen LogP contribution >= 0.6 is 24.0 Å². The van der Waals surface area contributed by atoms with Gasteiger partial charge in [-0.15, -0.1) is 24.0 Å². The fraction of sp³-hybridized carbons (Fsp3) is 0.333. The van der Waals surface area contributed by atoms with Gasteiger partial charge in [0, 0.05) is 25.1 Å². The minimum atomic E-state index is 0. The molecule has 7 heteroatoms. The van der Waals surface area contributed by atoms with Gasteiger partial charge in [-0.1, -0.05) is 30.3 Å². The number of methoxy groups -OCH3 is 1. The molecule has 0 radical (unpaired) electrons. The zero-order valence-corrected chi connectivity index (χ0v) is 18.7. The number of hydrogen-bond donors (Lipinski definition) is 3. The molecule has 0 aliphatic rings. The van der Waals surface area contributed by atoms with E-state index in [0.717, 1.165) is 60.1 Å². The van der Waals surface area contributed by atoms with Gasteiger partial charge in [-0.3, -0.25) is 0 Å². The molecule has 0 amide bonds. The average Bonchev–Trinajstić information content (AvgIpc) is 3.12. The van der Waals surface area contributed by atoms with Gasteiger partial charge in [-0.05, 0) is 31.5 Å². The van der Waals surface area contributed by atoms with E-state index in [1.807, 2.05) is 42.5 Å². The second kappa shape index (κ2) is 11.5. The maximum absolute atomic E-state index is 5.39. The molecule has 3 rings (SSSR count). The molecule has 28 heavy (non-hydrogen) atoms. The standard InChI is InChI=1S/C21H27N5O.HI/c1-3-22-21(24-15-16-9-4-7-12-19(16)27-2)23-14-8-13-20-25-17-10-5-6-11-18(17)26-20;/h4-7,9-12H,3,8,13-15H2,1-2H3,(H,25,26)(H2,22,23,24);1H. The molecule has 3 N–H and O–H groups in total. The molecule has 0 saturated carbocycles. The Labute approximate surface area is 183 Å². The lowest BCUT2D eigenvalue weighted by Crippen LogP contribution is -2.37. The van der Waals surface area contributed by atoms with Gasteiger partial charge in [-0.25, -0.2) is 9.98 Å². The number of H-pyrrole nitrogens is 1. The van der Waals surface area contributed by atoms with Gasteiger partial charge in [0.1, 0.15) is 11.6 Å². The third-order valence-corrected chi connectivity index (χ3v) is 4.27. The predicted molar refractivity (Wildman–Crippen MR) is 126 cm³/mol. The molecule has 0 unspecified atom stereocenters. The van der Waals surface area contributed by atoms with E-state index in [1.54, 1.807) is 7.11 Å². The second-order valence-corrected chi connectivity index (χ2v) is 6.24. The van der Waals surface area contributed by atoms with Crippen LogP contribution in [0.15, 0.2) is 53.5 Å². The highest BCUT2D eigenvalue weighted by Crippen LogP contribution is 2.17. The van der Waals surface area contributed by atoms with Crippen molar-refractivity contribution in [3.05, 3.63) is 59.9 Å². The summed E-state index contributed by atoms with van der Waals surface area (Å²) in [6.07, 6.45) is 1.87. The highest BCUT2D eigenvalue weighted by molar-refractivity contribution is 14.0. The van der Waals surface area contributed by atoms with Gasteiger partial charge in [0.05, 0.1) is 24.7 Å². The smallest absolute Gasteiger partial charge is 0.191 e. The normalized spacial score (nSPS) is 11.1. The van der Waals surface area contributed by atoms with Crippen molar-refractivity contribution in [2.75, 3.05) is 20.2 Å². The van der Waals surface area contributed by atoms with E-state index < -0.39 is 0 Å². The number of para-hydroxylation sites is 3. The monoisotopic (exact) mass is 493 g/mol. The van der Waals surface area contributed by atoms with Crippen molar-refractivity contribution < 1.29 is 4.74 Å². The molecule has 0 aliphatic heterocycles. The number of aromatic nitrogens is 2. The first-order valence-electron chi connectivity index (χ1n) is 9.38. The van der Waals surface area contributed by atoms with E-state index in [0.29, 0.717) is 6.54 Å². The molecule has 0 fully saturated rings. The Morgan fingerprint density at radius 2 is 1.89 bits per heavy atom. The SMILES string of the molecule is CCNC(=NCc1ccccc1OC)NCCCc1nc2ccccc2[nH]1.I. The highest BCUT2D eigenvalue weighted by Gasteiger charge is 2.04. The first-order chi connectivity index (χ1) is 13.3. The lowest BCUT2D eigenvalue weighted by molar-refractivity contribution is 0.410. The minimum absolute atomic E-state index is 0. The quantitative estimate of drug-likeness (QED) is 0.193. The van der Waals surface area contributed by atoms with Crippen molar-refractivity contribution in [1.29, 1.82) is 0 Å². The molecular formula is C21H28IN5O. The first kappa shape index (κ1) is 22.0. The molecule has 0 spiro atoms. The van der Waals surface area contributed by atoms with Crippen LogP contribution in [0.3, 0.4) is 0 Å². The highest BCUT2D eigenvalue weighted by atomic mass is 127. The van der Waals surface area contributed by atoms with E-state index in [-0.39, 0.29) is 24.0 Å². The van der Waals surface area contributed by atoms with E-state index in [2.05, 4.69) is 38.6 Å². The molecule has 0 aliphatic carbocycles. The minimum Gasteiger partial charge on any atom is -0.496 e. The number of nitrogens with zero attached hydrogens (tertiary/aromatic N) is 2. The van der Waals surface area contributed by atoms with Crippen molar-refractivity contribution >= 4 is 41.0 Å². The number of benzene rings is 2. The number of nitrogens with one attached hydrogen (secondary N) is 3. The van der Waals surface area contributed by atoms with Crippen LogP contribution in [-0.4, -0.2) is 36.1 Å². The summed E-state index contributed by atoms with van der Waals surface area (Å²) in [5.41, 5.74) is 3.18. The number of imidazole rings is 1. The summed E-state index contributed by atoms with van der Waals surface area (Å²) in [6.45, 7) is 4.29. The van der Waals surface area contributed by atoms with Gasteiger partial charge in [-0.2, -0.15) is 0 Å². The summed E-state index contributed by atoms with van der Waals surface area (Å²) in [5, 5.41) is 6.67. The van der Waals surface area contributed by atoms with Crippen molar-refractivity contribution in [1.82, 2.24) is 20.6 Å². The van der Waals surface area contributed by atoms with E-state index in [9.17, 15) is 0 Å². The summed E-state index contributed by atoms with van der Waals surface area (Å²) in [5.74, 6) is 2.70. The van der Waals surface area contributed by atoms with Crippen molar-refractivity contribution in [2.45, 2.75) is 26.3 Å². The van der Waals surface area contributed by atoms with Gasteiger partial charge in [0.25, 0.3) is 0 Å². The maximum atomic E-state index is 5.39. The maximum Gasteiger partial charge on any atom is 0.191 e. The van der Waals surface area contributed by atoms with Gasteiger partial charge in [0.2, 0.25) is 0 Å². The summed E-state index contributed by atoms with van der Waals surface area (Å²) in [7, 11) is 1.68. The Hall–Kier alpha value is -2.29. The van der Waals surface area contributed by atoms with Crippen LogP contribution in [0.25, 0.3) is 11.0 Å². The summed E-state index contributed by atoms with van der Waals surface area (Å²) in [4.78, 5) is 12.6. The molecular weight excluding hydrogens is 465 g/mol. The van der Waals surface area contributed by atoms with Gasteiger partial charge in [0.15, 0.2) is 5.96 Å². The molecule has 0 atom stereocenters. The molecule has 3 aromatic rings. The van der Waals surface area contributed by atoms with Crippen LogP contribution in [0.2, 0.25) is 0 Å². The fourth-order valence-electron chi connectivity index (χ4n) is 2.93. The number of guanidine groups is 1. The number of rotatable bonds is 8. The Morgan fingerprint density at radius 3 is 2.68 bits per heavy atom. The third kappa shape index (κ3) is 6.12. The molecule has 1 aromatic heterocycles. The first-order valence-corrected chi connectivity index (χ1v) is 9.38. The summed E-state index contributed by atoms with van der Waals surface area (Å²) in [6, 6.07) is 16.1. The molecule has 1 heterocycles. The van der Waals surface area contributed by atoms with Crippen LogP contribution in [0, 0.1) is 0 Å². The molecule has 6 nitrogen and oxygen atoms in total. The van der Waals surface area contributed by atoms with Crippen LogP contribution < -0.4 is 15.4 Å². The van der Waals surface area contributed by atoms with Crippen LogP contribution in [0.5, 0.6) is 5.75 Å². The molecule has 2 aromatic carbocycles. The second-order valence-electron chi connectivity index (χ2n) is 6.24. The summed E-state index contributed by atoms with van der Waals surface area (Å²) >= 11 is 0. The van der Waals surface area contributed by atoms with Gasteiger partial charge >= 0.3 is 0 Å². The number of halogens is 1. The zero-order valence-electron chi connectivity index (χ0n) is 16.4. The zero-order chi connectivity index (χ0) is 18.9. The third-order valence-electron chi connectivity index (χ3n) is 4.27. The average molecular weight is 493 g/mol. The predicted octanol–water partition coefficient (Wildman–Crippen LogP) is 3.88. The number of hydrogen-bond acceptors (Lipinski definition) is 3. The Bertz CT molecular complexity index is 860. The summed E-state index contributed by atoms with van der Waals surface area (Å²) < 4.78 is 5.39. The Morgan fingerprint density at radius 1 is 1.11 bits per heavy atom. The van der Waals surface area contributed by atoms with Crippen molar-refractivity contribution in [3.8, 4) is 5.75 Å². The lowest BCUT2D eigenvalue weighted by atomic mass is 10.2. The van der Waals surface area contributed by atoms with Crippen LogP contribution in [0.4, 0.5) is 0 Å². The topological polar surface area (TPSA) is 74.3 Å². The number of aryl methyl sites for hydroxylation is 1. The van der Waals surface area contributed by atoms with E-state index in [4.69, 9.17) is 4.74 Å². The molecule has 150 valence electrons. The van der Waals surface area contributed by atoms with E-state index in [1.165, 1.54) is 0 Å². The van der Waals surface area contributed by atoms with Crippen LogP contribution in [-0.2, 0) is 13.0 Å². The number of aliphatic imine (C=N–C) groups is 1. The van der Waals surface area contributed by atoms with Gasteiger partial charge < -0.3 is 20.4 Å². The number of fused-ring (bicyclic) bond motifs is 1. The van der Waals surface area contributed by atoms with Crippen molar-refractivity contribution in [2.24, 2.45) is 4.99 Å².